The topological polar surface area (TPSA) is 70.0 Å². The lowest BCUT2D eigenvalue weighted by Gasteiger charge is -2.10. The third kappa shape index (κ3) is 4.27. The van der Waals surface area contributed by atoms with Gasteiger partial charge in [0.1, 0.15) is 0 Å². The number of rotatable bonds is 4. The Morgan fingerprint density at radius 3 is 1.95 bits per heavy atom. The summed E-state index contributed by atoms with van der Waals surface area (Å²) in [6.45, 7) is 0. The van der Waals surface area contributed by atoms with Crippen LogP contribution in [0.4, 0.5) is 5.69 Å². The van der Waals surface area contributed by atoms with Gasteiger partial charge in [-0.25, -0.2) is 0 Å². The van der Waals surface area contributed by atoms with Crippen molar-refractivity contribution in [1.82, 2.24) is 0 Å². The fraction of sp³-hybridized carbons (Fsp3) is 0.0625. The number of carbonyl (C=O) groups excluding carboxylic acids is 2. The Balaban J connectivity index is 2.15. The first kappa shape index (κ1) is 16.9. The summed E-state index contributed by atoms with van der Waals surface area (Å²) in [5, 5.41) is 11.8. The SMILES string of the molecule is N#CC(C(=O)Nc1ccc(I)cc1)C(=O)c1ccc(I)cc1. The van der Waals surface area contributed by atoms with Crippen molar-refractivity contribution >= 4 is 62.6 Å². The molecular formula is C16H10I2N2O2. The minimum atomic E-state index is -1.36. The van der Waals surface area contributed by atoms with Gasteiger partial charge in [-0.1, -0.05) is 12.1 Å². The molecule has 2 aromatic carbocycles. The quantitative estimate of drug-likeness (QED) is 0.382. The van der Waals surface area contributed by atoms with Gasteiger partial charge in [0.15, 0.2) is 11.7 Å². The van der Waals surface area contributed by atoms with E-state index in [0.29, 0.717) is 11.3 Å². The molecule has 0 bridgehead atoms. The maximum absolute atomic E-state index is 12.3. The van der Waals surface area contributed by atoms with E-state index < -0.39 is 17.6 Å². The Morgan fingerprint density at radius 1 is 0.955 bits per heavy atom. The van der Waals surface area contributed by atoms with E-state index in [2.05, 4.69) is 50.5 Å². The third-order valence-corrected chi connectivity index (χ3v) is 4.33. The van der Waals surface area contributed by atoms with Crippen molar-refractivity contribution in [1.29, 1.82) is 5.26 Å². The number of benzene rings is 2. The first-order valence-corrected chi connectivity index (χ1v) is 8.43. The number of hydrogen-bond donors (Lipinski definition) is 1. The number of amides is 1. The van der Waals surface area contributed by atoms with E-state index in [0.717, 1.165) is 7.14 Å². The van der Waals surface area contributed by atoms with Gasteiger partial charge in [0, 0.05) is 18.4 Å². The predicted octanol–water partition coefficient (Wildman–Crippen LogP) is 3.86. The number of ketones is 1. The number of nitrogens with one attached hydrogen (secondary N) is 1. The summed E-state index contributed by atoms with van der Waals surface area (Å²) in [5.74, 6) is -2.48. The molecular weight excluding hydrogens is 506 g/mol. The van der Waals surface area contributed by atoms with E-state index in [4.69, 9.17) is 0 Å². The molecule has 2 aromatic rings. The van der Waals surface area contributed by atoms with Crippen LogP contribution in [-0.4, -0.2) is 11.7 Å². The molecule has 6 heteroatoms. The molecule has 2 rings (SSSR count). The van der Waals surface area contributed by atoms with Crippen molar-refractivity contribution in [2.24, 2.45) is 5.92 Å². The summed E-state index contributed by atoms with van der Waals surface area (Å²) in [4.78, 5) is 24.4. The number of nitriles is 1. The molecule has 1 unspecified atom stereocenters. The molecule has 0 saturated carbocycles. The van der Waals surface area contributed by atoms with Gasteiger partial charge in [0.2, 0.25) is 5.91 Å². The van der Waals surface area contributed by atoms with Crippen molar-refractivity contribution in [2.75, 3.05) is 5.32 Å². The van der Waals surface area contributed by atoms with Gasteiger partial charge in [-0.3, -0.25) is 9.59 Å². The summed E-state index contributed by atoms with van der Waals surface area (Å²) >= 11 is 4.27. The maximum Gasteiger partial charge on any atom is 0.249 e. The van der Waals surface area contributed by atoms with Gasteiger partial charge < -0.3 is 5.32 Å². The molecule has 1 N–H and O–H groups in total. The van der Waals surface area contributed by atoms with Crippen molar-refractivity contribution in [3.05, 3.63) is 61.2 Å². The van der Waals surface area contributed by atoms with Gasteiger partial charge in [0.05, 0.1) is 6.07 Å². The Morgan fingerprint density at radius 2 is 1.45 bits per heavy atom. The highest BCUT2D eigenvalue weighted by Gasteiger charge is 2.27. The maximum atomic E-state index is 12.3. The predicted molar refractivity (Wildman–Crippen MR) is 100 cm³/mol. The molecule has 0 radical (unpaired) electrons. The van der Waals surface area contributed by atoms with E-state index >= 15 is 0 Å². The van der Waals surface area contributed by atoms with Crippen LogP contribution in [0.15, 0.2) is 48.5 Å². The van der Waals surface area contributed by atoms with Crippen LogP contribution >= 0.6 is 45.2 Å². The van der Waals surface area contributed by atoms with Crippen LogP contribution < -0.4 is 5.32 Å². The van der Waals surface area contributed by atoms with Gasteiger partial charge in [-0.15, -0.1) is 0 Å². The first-order valence-electron chi connectivity index (χ1n) is 6.27. The molecule has 0 spiro atoms. The lowest BCUT2D eigenvalue weighted by molar-refractivity contribution is -0.117. The molecule has 0 fully saturated rings. The molecule has 0 aliphatic carbocycles. The van der Waals surface area contributed by atoms with Crippen molar-refractivity contribution in [3.8, 4) is 6.07 Å². The number of Topliss-reactive ketones (excluding diaryl/α,β-unsaturated/α-hetero) is 1. The van der Waals surface area contributed by atoms with Crippen LogP contribution in [0.25, 0.3) is 0 Å². The largest absolute Gasteiger partial charge is 0.325 e. The van der Waals surface area contributed by atoms with Crippen LogP contribution in [0.5, 0.6) is 0 Å². The number of hydrogen-bond acceptors (Lipinski definition) is 3. The molecule has 1 amide bonds. The first-order chi connectivity index (χ1) is 10.5. The van der Waals surface area contributed by atoms with Gasteiger partial charge >= 0.3 is 0 Å². The van der Waals surface area contributed by atoms with E-state index in [9.17, 15) is 14.9 Å². The molecule has 1 atom stereocenters. The normalized spacial score (nSPS) is 11.3. The summed E-state index contributed by atoms with van der Waals surface area (Å²) < 4.78 is 2.01. The van der Waals surface area contributed by atoms with E-state index in [1.165, 1.54) is 0 Å². The standard InChI is InChI=1S/C16H10I2N2O2/c17-11-3-1-10(2-4-11)15(21)14(9-19)16(22)20-13-7-5-12(18)6-8-13/h1-8,14H,(H,20,22). The van der Waals surface area contributed by atoms with Crippen LogP contribution in [0.1, 0.15) is 10.4 Å². The third-order valence-electron chi connectivity index (χ3n) is 2.89. The highest BCUT2D eigenvalue weighted by molar-refractivity contribution is 14.1. The summed E-state index contributed by atoms with van der Waals surface area (Å²) in [7, 11) is 0. The molecule has 0 saturated heterocycles. The summed E-state index contributed by atoms with van der Waals surface area (Å²) in [5.41, 5.74) is 0.908. The smallest absolute Gasteiger partial charge is 0.249 e. The minimum absolute atomic E-state index is 0.352. The second kappa shape index (κ2) is 7.69. The fourth-order valence-corrected chi connectivity index (χ4v) is 2.48. The zero-order valence-corrected chi connectivity index (χ0v) is 15.5. The minimum Gasteiger partial charge on any atom is -0.325 e. The Kier molecular flexibility index (Phi) is 5.90. The molecule has 22 heavy (non-hydrogen) atoms. The van der Waals surface area contributed by atoms with Crippen LogP contribution in [0.2, 0.25) is 0 Å². The average molecular weight is 516 g/mol. The number of carbonyl (C=O) groups is 2. The van der Waals surface area contributed by atoms with E-state index in [1.807, 2.05) is 12.1 Å². The van der Waals surface area contributed by atoms with Crippen LogP contribution in [0.3, 0.4) is 0 Å². The second-order valence-corrected chi connectivity index (χ2v) is 6.92. The van der Waals surface area contributed by atoms with Crippen LogP contribution in [-0.2, 0) is 4.79 Å². The summed E-state index contributed by atoms with van der Waals surface area (Å²) in [6, 6.07) is 15.7. The van der Waals surface area contributed by atoms with E-state index in [1.54, 1.807) is 42.5 Å². The fourth-order valence-electron chi connectivity index (χ4n) is 1.76. The Labute approximate surface area is 155 Å². The second-order valence-electron chi connectivity index (χ2n) is 4.43. The average Bonchev–Trinajstić information content (AvgIpc) is 2.51. The van der Waals surface area contributed by atoms with Crippen molar-refractivity contribution in [3.63, 3.8) is 0 Å². The molecule has 0 aliphatic heterocycles. The molecule has 0 heterocycles. The summed E-state index contributed by atoms with van der Waals surface area (Å²) in [6.07, 6.45) is 0. The molecule has 110 valence electrons. The number of anilines is 1. The number of nitrogens with zero attached hydrogens (tertiary/aromatic N) is 1. The van der Waals surface area contributed by atoms with Crippen molar-refractivity contribution in [2.45, 2.75) is 0 Å². The number of halogens is 2. The van der Waals surface area contributed by atoms with Gasteiger partial charge in [-0.05, 0) is 81.6 Å². The highest BCUT2D eigenvalue weighted by Crippen LogP contribution is 2.15. The van der Waals surface area contributed by atoms with Gasteiger partial charge in [0.25, 0.3) is 0 Å². The Bertz CT molecular complexity index is 734. The van der Waals surface area contributed by atoms with E-state index in [-0.39, 0.29) is 0 Å². The molecule has 4 nitrogen and oxygen atoms in total. The lowest BCUT2D eigenvalue weighted by atomic mass is 9.98. The molecule has 0 aliphatic rings. The zero-order chi connectivity index (χ0) is 16.1. The highest BCUT2D eigenvalue weighted by atomic mass is 127. The molecule has 0 aromatic heterocycles. The zero-order valence-electron chi connectivity index (χ0n) is 11.2. The van der Waals surface area contributed by atoms with Crippen LogP contribution in [0, 0.1) is 24.4 Å². The van der Waals surface area contributed by atoms with Crippen molar-refractivity contribution < 1.29 is 9.59 Å². The van der Waals surface area contributed by atoms with Gasteiger partial charge in [-0.2, -0.15) is 5.26 Å². The lowest BCUT2D eigenvalue weighted by Crippen LogP contribution is -2.28. The Hall–Kier alpha value is -1.47. The monoisotopic (exact) mass is 516 g/mol.